The van der Waals surface area contributed by atoms with Crippen LogP contribution in [0.25, 0.3) is 0 Å². The third-order valence-corrected chi connectivity index (χ3v) is 2.96. The molecule has 2 rings (SSSR count). The van der Waals surface area contributed by atoms with Gasteiger partial charge in [-0.3, -0.25) is 9.59 Å². The zero-order valence-electron chi connectivity index (χ0n) is 11.8. The number of benzene rings is 1. The Labute approximate surface area is 116 Å². The van der Waals surface area contributed by atoms with E-state index in [2.05, 4.69) is 0 Å². The van der Waals surface area contributed by atoms with E-state index in [4.69, 9.17) is 9.47 Å². The van der Waals surface area contributed by atoms with Crippen molar-refractivity contribution in [2.75, 3.05) is 6.61 Å². The van der Waals surface area contributed by atoms with Crippen LogP contribution in [0.15, 0.2) is 12.1 Å². The van der Waals surface area contributed by atoms with E-state index in [-0.39, 0.29) is 22.8 Å². The summed E-state index contributed by atoms with van der Waals surface area (Å²) >= 11 is 0. The summed E-state index contributed by atoms with van der Waals surface area (Å²) in [4.78, 5) is 23.6. The highest BCUT2D eigenvalue weighted by Gasteiger charge is 2.27. The molecule has 0 aliphatic carbocycles. The quantitative estimate of drug-likeness (QED) is 0.586. The maximum absolute atomic E-state index is 13.9. The average Bonchev–Trinajstić information content (AvgIpc) is 2.52. The number of fused-ring (bicyclic) bond motifs is 1. The lowest BCUT2D eigenvalue weighted by molar-refractivity contribution is -0.143. The lowest BCUT2D eigenvalue weighted by Crippen LogP contribution is -2.26. The topological polar surface area (TPSA) is 52.6 Å². The van der Waals surface area contributed by atoms with Crippen LogP contribution in [0.5, 0.6) is 11.5 Å². The molecule has 0 N–H and O–H groups in total. The van der Waals surface area contributed by atoms with Gasteiger partial charge in [-0.2, -0.15) is 0 Å². The zero-order valence-corrected chi connectivity index (χ0v) is 11.8. The standard InChI is InChI=1S/C15H17FO4/c1-15(2,3)14(18)20-13-8-12-9(7-10(13)16)11(17)5-4-6-19-12/h7-8H,4-6H2,1-3H3. The molecule has 5 heteroatoms. The van der Waals surface area contributed by atoms with Crippen molar-refractivity contribution >= 4 is 11.8 Å². The van der Waals surface area contributed by atoms with Gasteiger partial charge in [0.15, 0.2) is 17.3 Å². The highest BCUT2D eigenvalue weighted by atomic mass is 19.1. The summed E-state index contributed by atoms with van der Waals surface area (Å²) in [6, 6.07) is 2.35. The van der Waals surface area contributed by atoms with Gasteiger partial charge in [0, 0.05) is 12.5 Å². The minimum Gasteiger partial charge on any atom is -0.493 e. The van der Waals surface area contributed by atoms with Crippen LogP contribution in [-0.2, 0) is 4.79 Å². The first-order valence-electron chi connectivity index (χ1n) is 6.51. The van der Waals surface area contributed by atoms with Gasteiger partial charge in [-0.15, -0.1) is 0 Å². The number of carbonyl (C=O) groups is 2. The molecular formula is C15H17FO4. The number of halogens is 1. The first kappa shape index (κ1) is 14.5. The Kier molecular flexibility index (Phi) is 3.79. The summed E-state index contributed by atoms with van der Waals surface area (Å²) in [5.74, 6) is -1.38. The number of Topliss-reactive ketones (excluding diaryl/α,β-unsaturated/α-hetero) is 1. The van der Waals surface area contributed by atoms with Crippen molar-refractivity contribution in [3.8, 4) is 11.5 Å². The number of ketones is 1. The molecular weight excluding hydrogens is 263 g/mol. The van der Waals surface area contributed by atoms with Gasteiger partial charge < -0.3 is 9.47 Å². The van der Waals surface area contributed by atoms with Gasteiger partial charge in [0.05, 0.1) is 17.6 Å². The fourth-order valence-corrected chi connectivity index (χ4v) is 1.75. The minimum atomic E-state index is -0.740. The van der Waals surface area contributed by atoms with E-state index in [1.54, 1.807) is 20.8 Å². The predicted molar refractivity (Wildman–Crippen MR) is 70.5 cm³/mol. The summed E-state index contributed by atoms with van der Waals surface area (Å²) in [6.45, 7) is 5.42. The van der Waals surface area contributed by atoms with Gasteiger partial charge in [-0.1, -0.05) is 0 Å². The van der Waals surface area contributed by atoms with Gasteiger partial charge in [-0.05, 0) is 33.3 Å². The van der Waals surface area contributed by atoms with E-state index in [1.165, 1.54) is 6.07 Å². The molecule has 0 bridgehead atoms. The summed E-state index contributed by atoms with van der Waals surface area (Å²) in [5, 5.41) is 0. The second-order valence-electron chi connectivity index (χ2n) is 5.79. The van der Waals surface area contributed by atoms with E-state index >= 15 is 0 Å². The number of esters is 1. The molecule has 108 valence electrons. The van der Waals surface area contributed by atoms with Gasteiger partial charge in [0.2, 0.25) is 0 Å². The zero-order chi connectivity index (χ0) is 14.9. The molecule has 1 aliphatic rings. The molecule has 0 spiro atoms. The number of carbonyl (C=O) groups excluding carboxylic acids is 2. The van der Waals surface area contributed by atoms with Crippen molar-refractivity contribution in [3.05, 3.63) is 23.5 Å². The van der Waals surface area contributed by atoms with Gasteiger partial charge in [0.25, 0.3) is 0 Å². The van der Waals surface area contributed by atoms with E-state index in [0.717, 1.165) is 6.07 Å². The maximum Gasteiger partial charge on any atom is 0.316 e. The van der Waals surface area contributed by atoms with Gasteiger partial charge in [-0.25, -0.2) is 4.39 Å². The SMILES string of the molecule is CC(C)(C)C(=O)Oc1cc2c(cc1F)C(=O)CCCO2. The van der Waals surface area contributed by atoms with Gasteiger partial charge in [0.1, 0.15) is 5.75 Å². The van der Waals surface area contributed by atoms with Crippen molar-refractivity contribution in [2.24, 2.45) is 5.41 Å². The Morgan fingerprint density at radius 3 is 2.70 bits per heavy atom. The summed E-state index contributed by atoms with van der Waals surface area (Å²) in [6.07, 6.45) is 0.916. The highest BCUT2D eigenvalue weighted by Crippen LogP contribution is 2.32. The van der Waals surface area contributed by atoms with Gasteiger partial charge >= 0.3 is 5.97 Å². The van der Waals surface area contributed by atoms with Crippen LogP contribution in [0.1, 0.15) is 44.0 Å². The van der Waals surface area contributed by atoms with Crippen LogP contribution in [0.3, 0.4) is 0 Å². The number of hydrogen-bond acceptors (Lipinski definition) is 4. The van der Waals surface area contributed by atoms with E-state index < -0.39 is 17.2 Å². The second-order valence-corrected chi connectivity index (χ2v) is 5.79. The summed E-state index contributed by atoms with van der Waals surface area (Å²) in [7, 11) is 0. The highest BCUT2D eigenvalue weighted by molar-refractivity contribution is 5.99. The smallest absolute Gasteiger partial charge is 0.316 e. The largest absolute Gasteiger partial charge is 0.493 e. The summed E-state index contributed by atoms with van der Waals surface area (Å²) < 4.78 is 24.4. The molecule has 0 atom stereocenters. The van der Waals surface area contributed by atoms with E-state index in [0.29, 0.717) is 19.4 Å². The number of ether oxygens (including phenoxy) is 2. The van der Waals surface area contributed by atoms with Crippen molar-refractivity contribution in [1.82, 2.24) is 0 Å². The molecule has 0 aromatic heterocycles. The molecule has 1 aromatic rings. The Bertz CT molecular complexity index is 558. The fraction of sp³-hybridized carbons (Fsp3) is 0.467. The van der Waals surface area contributed by atoms with Crippen molar-refractivity contribution in [3.63, 3.8) is 0 Å². The molecule has 1 heterocycles. The average molecular weight is 280 g/mol. The molecule has 4 nitrogen and oxygen atoms in total. The molecule has 1 aromatic carbocycles. The van der Waals surface area contributed by atoms with E-state index in [1.807, 2.05) is 0 Å². The van der Waals surface area contributed by atoms with Crippen molar-refractivity contribution in [2.45, 2.75) is 33.6 Å². The van der Waals surface area contributed by atoms with Crippen molar-refractivity contribution in [1.29, 1.82) is 0 Å². The molecule has 0 fully saturated rings. The minimum absolute atomic E-state index is 0.162. The molecule has 20 heavy (non-hydrogen) atoms. The normalized spacial score (nSPS) is 15.1. The first-order valence-corrected chi connectivity index (χ1v) is 6.51. The maximum atomic E-state index is 13.9. The van der Waals surface area contributed by atoms with Crippen LogP contribution >= 0.6 is 0 Å². The third-order valence-electron chi connectivity index (χ3n) is 2.96. The Morgan fingerprint density at radius 2 is 2.05 bits per heavy atom. The van der Waals surface area contributed by atoms with Crippen LogP contribution in [0.2, 0.25) is 0 Å². The van der Waals surface area contributed by atoms with Crippen LogP contribution in [-0.4, -0.2) is 18.4 Å². The Morgan fingerprint density at radius 1 is 1.35 bits per heavy atom. The predicted octanol–water partition coefficient (Wildman–Crippen LogP) is 3.13. The summed E-state index contributed by atoms with van der Waals surface area (Å²) in [5.41, 5.74) is -0.536. The number of rotatable bonds is 1. The monoisotopic (exact) mass is 280 g/mol. The Hall–Kier alpha value is -1.91. The lowest BCUT2D eigenvalue weighted by Gasteiger charge is -2.17. The lowest BCUT2D eigenvalue weighted by atomic mass is 9.97. The molecule has 0 amide bonds. The molecule has 0 unspecified atom stereocenters. The van der Waals surface area contributed by atoms with Crippen LogP contribution in [0, 0.1) is 11.2 Å². The fourth-order valence-electron chi connectivity index (χ4n) is 1.75. The third kappa shape index (κ3) is 2.98. The molecule has 0 saturated carbocycles. The molecule has 1 aliphatic heterocycles. The Balaban J connectivity index is 2.35. The van der Waals surface area contributed by atoms with Crippen molar-refractivity contribution < 1.29 is 23.5 Å². The first-order chi connectivity index (χ1) is 9.29. The molecule has 0 saturated heterocycles. The van der Waals surface area contributed by atoms with E-state index in [9.17, 15) is 14.0 Å². The number of hydrogen-bond donors (Lipinski definition) is 0. The van der Waals surface area contributed by atoms with Crippen LogP contribution in [0.4, 0.5) is 4.39 Å². The van der Waals surface area contributed by atoms with Crippen LogP contribution < -0.4 is 9.47 Å². The molecule has 0 radical (unpaired) electrons. The second kappa shape index (κ2) is 5.23.